The van der Waals surface area contributed by atoms with Gasteiger partial charge in [0, 0.05) is 26.6 Å². The number of piperidine rings is 1. The maximum atomic E-state index is 11.6. The third-order valence-corrected chi connectivity index (χ3v) is 2.60. The van der Waals surface area contributed by atoms with Gasteiger partial charge in [-0.05, 0) is 19.9 Å². The Morgan fingerprint density at radius 1 is 1.56 bits per heavy atom. The molecule has 1 saturated heterocycles. The zero-order valence-electron chi connectivity index (χ0n) is 9.78. The summed E-state index contributed by atoms with van der Waals surface area (Å²) in [6.45, 7) is 1.43. The minimum Gasteiger partial charge on any atom is -0.344 e. The molecule has 0 spiro atoms. The molecule has 1 atom stereocenters. The lowest BCUT2D eigenvalue weighted by Crippen LogP contribution is -2.51. The summed E-state index contributed by atoms with van der Waals surface area (Å²) >= 11 is 0. The minimum atomic E-state index is -0.312. The molecule has 1 aliphatic rings. The van der Waals surface area contributed by atoms with Crippen LogP contribution in [0.2, 0.25) is 0 Å². The maximum absolute atomic E-state index is 11.6. The van der Waals surface area contributed by atoms with Crippen molar-refractivity contribution in [2.24, 2.45) is 0 Å². The highest BCUT2D eigenvalue weighted by Gasteiger charge is 2.27. The van der Waals surface area contributed by atoms with E-state index in [0.717, 1.165) is 19.4 Å². The Morgan fingerprint density at radius 2 is 2.25 bits per heavy atom. The van der Waals surface area contributed by atoms with Gasteiger partial charge in [-0.1, -0.05) is 0 Å². The van der Waals surface area contributed by atoms with Crippen LogP contribution in [0.4, 0.5) is 0 Å². The van der Waals surface area contributed by atoms with Gasteiger partial charge in [0.1, 0.15) is 6.04 Å². The van der Waals surface area contributed by atoms with Gasteiger partial charge in [0.25, 0.3) is 0 Å². The fraction of sp³-hybridized carbons (Fsp3) is 0.800. The number of carbonyl (C=O) groups excluding carboxylic acids is 2. The molecule has 0 aromatic heterocycles. The summed E-state index contributed by atoms with van der Waals surface area (Å²) in [7, 11) is 3.57. The molecular weight excluding hydrogens is 230 g/mol. The van der Waals surface area contributed by atoms with Crippen molar-refractivity contribution in [3.63, 3.8) is 0 Å². The number of likely N-dealkylation sites (tertiary alicyclic amines) is 1. The van der Waals surface area contributed by atoms with Gasteiger partial charge >= 0.3 is 0 Å². The molecule has 0 radical (unpaired) electrons. The van der Waals surface area contributed by atoms with Crippen LogP contribution in [0.25, 0.3) is 0 Å². The molecule has 5 nitrogen and oxygen atoms in total. The van der Waals surface area contributed by atoms with Crippen LogP contribution in [0.5, 0.6) is 0 Å². The zero-order valence-corrected chi connectivity index (χ0v) is 10.6. The van der Waals surface area contributed by atoms with Gasteiger partial charge in [-0.25, -0.2) is 0 Å². The Hall–Kier alpha value is -0.810. The molecule has 0 aliphatic carbocycles. The summed E-state index contributed by atoms with van der Waals surface area (Å²) < 4.78 is 0. The van der Waals surface area contributed by atoms with Gasteiger partial charge in [-0.15, -0.1) is 12.4 Å². The van der Waals surface area contributed by atoms with Crippen LogP contribution < -0.4 is 10.6 Å². The van der Waals surface area contributed by atoms with E-state index in [1.807, 2.05) is 0 Å². The van der Waals surface area contributed by atoms with Gasteiger partial charge in [-0.3, -0.25) is 9.59 Å². The van der Waals surface area contributed by atoms with Crippen molar-refractivity contribution in [3.05, 3.63) is 0 Å². The molecule has 1 aliphatic heterocycles. The van der Waals surface area contributed by atoms with Gasteiger partial charge < -0.3 is 15.5 Å². The van der Waals surface area contributed by atoms with Gasteiger partial charge in [0.05, 0.1) is 0 Å². The van der Waals surface area contributed by atoms with E-state index in [0.29, 0.717) is 13.0 Å². The first kappa shape index (κ1) is 15.2. The zero-order chi connectivity index (χ0) is 11.3. The molecule has 1 heterocycles. The highest BCUT2D eigenvalue weighted by Crippen LogP contribution is 2.09. The van der Waals surface area contributed by atoms with Crippen LogP contribution in [-0.4, -0.2) is 49.9 Å². The van der Waals surface area contributed by atoms with E-state index >= 15 is 0 Å². The summed E-state index contributed by atoms with van der Waals surface area (Å²) in [6, 6.07) is -0.312. The predicted octanol–water partition coefficient (Wildman–Crippen LogP) is -0.245. The standard InChI is InChI=1S/C10H19N3O2.ClH/c1-11-6-5-9(14)12-8-4-3-7-13(2)10(8)15;/h8,11H,3-7H2,1-2H3,(H,12,14);1H. The molecule has 1 unspecified atom stereocenters. The van der Waals surface area contributed by atoms with Crippen molar-refractivity contribution >= 4 is 24.2 Å². The average molecular weight is 250 g/mol. The van der Waals surface area contributed by atoms with E-state index < -0.39 is 0 Å². The van der Waals surface area contributed by atoms with E-state index in [9.17, 15) is 9.59 Å². The Balaban J connectivity index is 0.00000225. The van der Waals surface area contributed by atoms with Gasteiger partial charge in [0.15, 0.2) is 0 Å². The molecule has 0 bridgehead atoms. The molecule has 0 aromatic rings. The monoisotopic (exact) mass is 249 g/mol. The number of rotatable bonds is 4. The molecule has 2 amide bonds. The molecule has 94 valence electrons. The number of hydrogen-bond donors (Lipinski definition) is 2. The number of hydrogen-bond acceptors (Lipinski definition) is 3. The predicted molar refractivity (Wildman–Crippen MR) is 64.6 cm³/mol. The lowest BCUT2D eigenvalue weighted by molar-refractivity contribution is -0.137. The highest BCUT2D eigenvalue weighted by molar-refractivity contribution is 5.88. The number of halogens is 1. The Morgan fingerprint density at radius 3 is 2.88 bits per heavy atom. The minimum absolute atomic E-state index is 0. The van der Waals surface area contributed by atoms with Crippen LogP contribution in [0.3, 0.4) is 0 Å². The van der Waals surface area contributed by atoms with E-state index in [2.05, 4.69) is 10.6 Å². The highest BCUT2D eigenvalue weighted by atomic mass is 35.5. The first-order chi connectivity index (χ1) is 7.15. The summed E-state index contributed by atoms with van der Waals surface area (Å²) in [4.78, 5) is 24.7. The van der Waals surface area contributed by atoms with Crippen molar-refractivity contribution in [2.45, 2.75) is 25.3 Å². The van der Waals surface area contributed by atoms with Crippen LogP contribution in [0, 0.1) is 0 Å². The average Bonchev–Trinajstić information content (AvgIpc) is 2.22. The molecule has 1 rings (SSSR count). The topological polar surface area (TPSA) is 61.4 Å². The quantitative estimate of drug-likeness (QED) is 0.723. The third-order valence-electron chi connectivity index (χ3n) is 2.60. The van der Waals surface area contributed by atoms with Crippen LogP contribution in [-0.2, 0) is 9.59 Å². The van der Waals surface area contributed by atoms with Gasteiger partial charge in [-0.2, -0.15) is 0 Å². The van der Waals surface area contributed by atoms with Crippen molar-refractivity contribution < 1.29 is 9.59 Å². The van der Waals surface area contributed by atoms with Gasteiger partial charge in [0.2, 0.25) is 11.8 Å². The van der Waals surface area contributed by atoms with Crippen molar-refractivity contribution in [1.29, 1.82) is 0 Å². The Bertz CT molecular complexity index is 248. The number of nitrogens with zero attached hydrogens (tertiary/aromatic N) is 1. The number of amides is 2. The fourth-order valence-electron chi connectivity index (χ4n) is 1.67. The summed E-state index contributed by atoms with van der Waals surface area (Å²) in [6.07, 6.45) is 2.14. The second-order valence-corrected chi connectivity index (χ2v) is 3.88. The van der Waals surface area contributed by atoms with E-state index in [4.69, 9.17) is 0 Å². The lowest BCUT2D eigenvalue weighted by Gasteiger charge is -2.29. The third kappa shape index (κ3) is 4.37. The first-order valence-electron chi connectivity index (χ1n) is 5.34. The molecule has 16 heavy (non-hydrogen) atoms. The summed E-state index contributed by atoms with van der Waals surface area (Å²) in [5.74, 6) is -0.0305. The fourth-order valence-corrected chi connectivity index (χ4v) is 1.67. The molecular formula is C10H20ClN3O2. The van der Waals surface area contributed by atoms with Crippen LogP contribution in [0.15, 0.2) is 0 Å². The summed E-state index contributed by atoms with van der Waals surface area (Å²) in [5.41, 5.74) is 0. The molecule has 0 aromatic carbocycles. The second kappa shape index (κ2) is 7.46. The van der Waals surface area contributed by atoms with Crippen LogP contribution >= 0.6 is 12.4 Å². The van der Waals surface area contributed by atoms with Crippen molar-refractivity contribution in [3.8, 4) is 0 Å². The molecule has 0 saturated carbocycles. The molecule has 1 fully saturated rings. The number of nitrogens with one attached hydrogen (secondary N) is 2. The first-order valence-corrected chi connectivity index (χ1v) is 5.34. The largest absolute Gasteiger partial charge is 0.344 e. The SMILES string of the molecule is CNCCC(=O)NC1CCCN(C)C1=O.Cl. The maximum Gasteiger partial charge on any atom is 0.244 e. The normalized spacial score (nSPS) is 20.2. The van der Waals surface area contributed by atoms with Crippen molar-refractivity contribution in [1.82, 2.24) is 15.5 Å². The molecule has 6 heteroatoms. The number of carbonyl (C=O) groups is 2. The van der Waals surface area contributed by atoms with Crippen molar-refractivity contribution in [2.75, 3.05) is 27.2 Å². The van der Waals surface area contributed by atoms with E-state index in [1.165, 1.54) is 0 Å². The second-order valence-electron chi connectivity index (χ2n) is 3.88. The summed E-state index contributed by atoms with van der Waals surface area (Å²) in [5, 5.41) is 5.66. The smallest absolute Gasteiger partial charge is 0.244 e. The van der Waals surface area contributed by atoms with Crippen LogP contribution in [0.1, 0.15) is 19.3 Å². The molecule has 2 N–H and O–H groups in total. The Labute approximate surface area is 102 Å². The number of likely N-dealkylation sites (N-methyl/N-ethyl adjacent to an activating group) is 1. The Kier molecular flexibility index (Phi) is 7.08. The van der Waals surface area contributed by atoms with E-state index in [1.54, 1.807) is 19.0 Å². The lowest BCUT2D eigenvalue weighted by atomic mass is 10.1. The van der Waals surface area contributed by atoms with E-state index in [-0.39, 0.29) is 30.3 Å².